The van der Waals surface area contributed by atoms with Crippen LogP contribution in [0.4, 0.5) is 4.79 Å². The highest BCUT2D eigenvalue weighted by Crippen LogP contribution is 2.22. The second kappa shape index (κ2) is 10.9. The van der Waals surface area contributed by atoms with Crippen molar-refractivity contribution in [3.05, 3.63) is 42.5 Å². The van der Waals surface area contributed by atoms with Gasteiger partial charge in [0.25, 0.3) is 0 Å². The molecular formula is C21H33NO5. The molecule has 0 aliphatic heterocycles. The number of allylic oxidation sites excluding steroid dienone is 1. The highest BCUT2D eigenvalue weighted by molar-refractivity contribution is 5.68. The summed E-state index contributed by atoms with van der Waals surface area (Å²) in [5.41, 5.74) is 0.214. The van der Waals surface area contributed by atoms with Crippen LogP contribution in [-0.4, -0.2) is 52.7 Å². The monoisotopic (exact) mass is 379 g/mol. The Bertz CT molecular complexity index is 579. The maximum atomic E-state index is 12.8. The fourth-order valence-corrected chi connectivity index (χ4v) is 2.71. The maximum absolute atomic E-state index is 12.8. The van der Waals surface area contributed by atoms with Gasteiger partial charge in [-0.1, -0.05) is 18.2 Å². The minimum Gasteiger partial charge on any atom is -0.497 e. The molecule has 152 valence electrons. The molecule has 0 bridgehead atoms. The average molecular weight is 379 g/mol. The zero-order valence-electron chi connectivity index (χ0n) is 16.9. The van der Waals surface area contributed by atoms with Gasteiger partial charge in [0.05, 0.1) is 25.9 Å². The fraction of sp³-hybridized carbons (Fsp3) is 0.571. The smallest absolute Gasteiger partial charge is 0.410 e. The minimum absolute atomic E-state index is 0.259. The van der Waals surface area contributed by atoms with E-state index in [9.17, 15) is 15.0 Å². The summed E-state index contributed by atoms with van der Waals surface area (Å²) in [6.45, 7) is 8.93. The van der Waals surface area contributed by atoms with Gasteiger partial charge in [-0.2, -0.15) is 0 Å². The standard InChI is InChI=1S/C21H33NO5/c1-6-7-8-9-18(19(24)15-23)22(20(25)27-21(2,3)4)14-16-10-12-17(26-5)13-11-16/h6,10-13,18-19,23-24H,1,7-9,14-15H2,2-5H3/t18-,19+/m0/s1. The third-order valence-electron chi connectivity index (χ3n) is 4.08. The maximum Gasteiger partial charge on any atom is 0.410 e. The number of rotatable bonds is 10. The van der Waals surface area contributed by atoms with E-state index >= 15 is 0 Å². The first-order chi connectivity index (χ1) is 12.7. The number of aliphatic hydroxyl groups excluding tert-OH is 2. The fourth-order valence-electron chi connectivity index (χ4n) is 2.71. The van der Waals surface area contributed by atoms with Gasteiger partial charge in [0.1, 0.15) is 11.4 Å². The summed E-state index contributed by atoms with van der Waals surface area (Å²) in [6.07, 6.45) is 2.26. The lowest BCUT2D eigenvalue weighted by Gasteiger charge is -2.35. The Kier molecular flexibility index (Phi) is 9.32. The lowest BCUT2D eigenvalue weighted by Crippen LogP contribution is -2.49. The van der Waals surface area contributed by atoms with Crippen molar-refractivity contribution in [2.45, 2.75) is 64.3 Å². The lowest BCUT2D eigenvalue weighted by atomic mass is 10.0. The molecule has 0 saturated heterocycles. The van der Waals surface area contributed by atoms with Crippen molar-refractivity contribution < 1.29 is 24.5 Å². The summed E-state index contributed by atoms with van der Waals surface area (Å²) in [5.74, 6) is 0.723. The van der Waals surface area contributed by atoms with Crippen LogP contribution < -0.4 is 4.74 Å². The second-order valence-corrected chi connectivity index (χ2v) is 7.49. The zero-order chi connectivity index (χ0) is 20.4. The Labute approximate surface area is 162 Å². The number of methoxy groups -OCH3 is 1. The largest absolute Gasteiger partial charge is 0.497 e. The molecule has 2 N–H and O–H groups in total. The van der Waals surface area contributed by atoms with Crippen LogP contribution in [0.25, 0.3) is 0 Å². The number of nitrogens with zero attached hydrogens (tertiary/aromatic N) is 1. The van der Waals surface area contributed by atoms with Gasteiger partial charge in [0.15, 0.2) is 0 Å². The van der Waals surface area contributed by atoms with Gasteiger partial charge in [-0.25, -0.2) is 4.79 Å². The van der Waals surface area contributed by atoms with Crippen LogP contribution in [0, 0.1) is 0 Å². The highest BCUT2D eigenvalue weighted by atomic mass is 16.6. The average Bonchev–Trinajstić information content (AvgIpc) is 2.62. The summed E-state index contributed by atoms with van der Waals surface area (Å²) >= 11 is 0. The van der Waals surface area contributed by atoms with E-state index in [1.54, 1.807) is 34.0 Å². The molecule has 0 fully saturated rings. The molecule has 1 aromatic rings. The third kappa shape index (κ3) is 8.01. The molecule has 1 rings (SSSR count). The minimum atomic E-state index is -1.06. The number of hydrogen-bond acceptors (Lipinski definition) is 5. The summed E-state index contributed by atoms with van der Waals surface area (Å²) in [5, 5.41) is 19.8. The van der Waals surface area contributed by atoms with Crippen LogP contribution in [0.5, 0.6) is 5.75 Å². The van der Waals surface area contributed by atoms with Crippen molar-refractivity contribution in [1.29, 1.82) is 0 Å². The van der Waals surface area contributed by atoms with Gasteiger partial charge >= 0.3 is 6.09 Å². The van der Waals surface area contributed by atoms with Crippen molar-refractivity contribution in [3.8, 4) is 5.75 Å². The van der Waals surface area contributed by atoms with Crippen molar-refractivity contribution in [1.82, 2.24) is 4.90 Å². The number of aliphatic hydroxyl groups is 2. The van der Waals surface area contributed by atoms with Crippen molar-refractivity contribution in [3.63, 3.8) is 0 Å². The number of carbonyl (C=O) groups excluding carboxylic acids is 1. The molecule has 0 heterocycles. The Morgan fingerprint density at radius 1 is 1.30 bits per heavy atom. The molecule has 1 aromatic carbocycles. The molecule has 2 atom stereocenters. The molecule has 0 aliphatic carbocycles. The van der Waals surface area contributed by atoms with Crippen molar-refractivity contribution >= 4 is 6.09 Å². The predicted octanol–water partition coefficient (Wildman–Crippen LogP) is 3.51. The van der Waals surface area contributed by atoms with E-state index in [4.69, 9.17) is 9.47 Å². The Morgan fingerprint density at radius 3 is 2.41 bits per heavy atom. The molecule has 1 amide bonds. The van der Waals surface area contributed by atoms with E-state index in [1.165, 1.54) is 4.90 Å². The van der Waals surface area contributed by atoms with Crippen LogP contribution in [0.3, 0.4) is 0 Å². The van der Waals surface area contributed by atoms with Gasteiger partial charge in [0.2, 0.25) is 0 Å². The van der Waals surface area contributed by atoms with Crippen molar-refractivity contribution in [2.75, 3.05) is 13.7 Å². The second-order valence-electron chi connectivity index (χ2n) is 7.49. The first-order valence-corrected chi connectivity index (χ1v) is 9.24. The van der Waals surface area contributed by atoms with Crippen LogP contribution in [0.1, 0.15) is 45.6 Å². The van der Waals surface area contributed by atoms with E-state index in [-0.39, 0.29) is 6.54 Å². The molecule has 0 spiro atoms. The molecule has 0 aromatic heterocycles. The Balaban J connectivity index is 3.10. The number of benzene rings is 1. The molecule has 0 saturated carbocycles. The van der Waals surface area contributed by atoms with E-state index in [2.05, 4.69) is 6.58 Å². The van der Waals surface area contributed by atoms with Gasteiger partial charge < -0.3 is 19.7 Å². The number of carbonyl (C=O) groups is 1. The number of amides is 1. The SMILES string of the molecule is C=CCCC[C@@H]([C@H](O)CO)N(Cc1ccc(OC)cc1)C(=O)OC(C)(C)C. The summed E-state index contributed by atoms with van der Waals surface area (Å²) in [7, 11) is 1.59. The third-order valence-corrected chi connectivity index (χ3v) is 4.08. The van der Waals surface area contributed by atoms with Crippen molar-refractivity contribution in [2.24, 2.45) is 0 Å². The Hall–Kier alpha value is -2.05. The van der Waals surface area contributed by atoms with E-state index < -0.39 is 30.4 Å². The first kappa shape index (κ1) is 23.0. The number of hydrogen-bond donors (Lipinski definition) is 2. The van der Waals surface area contributed by atoms with Crippen LogP contribution in [0.2, 0.25) is 0 Å². The predicted molar refractivity (Wildman–Crippen MR) is 106 cm³/mol. The van der Waals surface area contributed by atoms with Crippen LogP contribution >= 0.6 is 0 Å². The van der Waals surface area contributed by atoms with Gasteiger partial charge in [-0.3, -0.25) is 4.90 Å². The van der Waals surface area contributed by atoms with E-state index in [0.717, 1.165) is 24.2 Å². The molecule has 0 radical (unpaired) electrons. The molecule has 0 aliphatic rings. The molecule has 0 unspecified atom stereocenters. The van der Waals surface area contributed by atoms with Gasteiger partial charge in [-0.05, 0) is 57.7 Å². The van der Waals surface area contributed by atoms with E-state index in [0.29, 0.717) is 6.42 Å². The van der Waals surface area contributed by atoms with Gasteiger partial charge in [-0.15, -0.1) is 6.58 Å². The summed E-state index contributed by atoms with van der Waals surface area (Å²) in [6, 6.07) is 6.80. The van der Waals surface area contributed by atoms with Gasteiger partial charge in [0, 0.05) is 6.54 Å². The molecule has 27 heavy (non-hydrogen) atoms. The molecule has 6 nitrogen and oxygen atoms in total. The van der Waals surface area contributed by atoms with E-state index in [1.807, 2.05) is 24.3 Å². The van der Waals surface area contributed by atoms with Crippen LogP contribution in [0.15, 0.2) is 36.9 Å². The quantitative estimate of drug-likeness (QED) is 0.480. The zero-order valence-corrected chi connectivity index (χ0v) is 16.9. The summed E-state index contributed by atoms with van der Waals surface area (Å²) in [4.78, 5) is 14.3. The summed E-state index contributed by atoms with van der Waals surface area (Å²) < 4.78 is 10.7. The highest BCUT2D eigenvalue weighted by Gasteiger charge is 2.32. The Morgan fingerprint density at radius 2 is 1.93 bits per heavy atom. The first-order valence-electron chi connectivity index (χ1n) is 9.24. The normalized spacial score (nSPS) is 13.6. The van der Waals surface area contributed by atoms with Crippen LogP contribution in [-0.2, 0) is 11.3 Å². The lowest BCUT2D eigenvalue weighted by molar-refractivity contribution is -0.0236. The number of unbranched alkanes of at least 4 members (excludes halogenated alkanes) is 1. The molecular weight excluding hydrogens is 346 g/mol. The number of ether oxygens (including phenoxy) is 2. The molecule has 6 heteroatoms. The topological polar surface area (TPSA) is 79.2 Å².